The van der Waals surface area contributed by atoms with Crippen molar-refractivity contribution in [3.63, 3.8) is 0 Å². The Labute approximate surface area is 147 Å². The highest BCUT2D eigenvalue weighted by Crippen LogP contribution is 2.15. The molecule has 0 fully saturated rings. The molecule has 0 aliphatic rings. The number of anilines is 1. The molecule has 136 valence electrons. The van der Waals surface area contributed by atoms with E-state index in [-0.39, 0.29) is 12.2 Å². The number of nitro groups is 1. The summed E-state index contributed by atoms with van der Waals surface area (Å²) < 4.78 is 12.9. The average Bonchev–Trinajstić information content (AvgIpc) is 2.63. The molecule has 0 saturated carbocycles. The van der Waals surface area contributed by atoms with Crippen LogP contribution < -0.4 is 10.8 Å². The molecule has 3 amide bonds. The number of nitro benzene ring substituents is 1. The maximum absolute atomic E-state index is 12.9. The molecule has 0 atom stereocenters. The second kappa shape index (κ2) is 8.53. The normalized spacial score (nSPS) is 10.1. The highest BCUT2D eigenvalue weighted by Gasteiger charge is 2.18. The fourth-order valence-corrected chi connectivity index (χ4v) is 2.09. The van der Waals surface area contributed by atoms with E-state index in [0.717, 1.165) is 17.0 Å². The second-order valence-electron chi connectivity index (χ2n) is 5.25. The van der Waals surface area contributed by atoms with Crippen LogP contribution in [0.1, 0.15) is 5.56 Å². The van der Waals surface area contributed by atoms with Crippen molar-refractivity contribution in [2.24, 2.45) is 0 Å². The number of amides is 3. The molecule has 0 aliphatic carbocycles. The summed E-state index contributed by atoms with van der Waals surface area (Å²) in [4.78, 5) is 35.0. The molecule has 0 radical (unpaired) electrons. The molecule has 0 heterocycles. The standard InChI is InChI=1S/C16H15FN4O5/c17-12-3-5-13(6-4-12)18-16(23)20(10-15(22)19-24)9-11-1-7-14(8-2-11)21(25)26/h1-8,24H,9-10H2,(H,18,23)(H,19,22). The highest BCUT2D eigenvalue weighted by atomic mass is 19.1. The van der Waals surface area contributed by atoms with Crippen LogP contribution in [0.5, 0.6) is 0 Å². The monoisotopic (exact) mass is 362 g/mol. The molecule has 10 heteroatoms. The van der Waals surface area contributed by atoms with Crippen LogP contribution in [0.25, 0.3) is 0 Å². The lowest BCUT2D eigenvalue weighted by molar-refractivity contribution is -0.384. The summed E-state index contributed by atoms with van der Waals surface area (Å²) in [6, 6.07) is 9.81. The molecule has 3 N–H and O–H groups in total. The summed E-state index contributed by atoms with van der Waals surface area (Å²) >= 11 is 0. The lowest BCUT2D eigenvalue weighted by Gasteiger charge is -2.22. The molecular weight excluding hydrogens is 347 g/mol. The smallest absolute Gasteiger partial charge is 0.311 e. The Hall–Kier alpha value is -3.53. The van der Waals surface area contributed by atoms with Gasteiger partial charge in [-0.05, 0) is 29.8 Å². The number of nitrogens with one attached hydrogen (secondary N) is 2. The third kappa shape index (κ3) is 5.24. The van der Waals surface area contributed by atoms with Gasteiger partial charge in [0.2, 0.25) is 0 Å². The Bertz CT molecular complexity index is 795. The zero-order valence-electron chi connectivity index (χ0n) is 13.4. The Morgan fingerprint density at radius 2 is 1.73 bits per heavy atom. The average molecular weight is 362 g/mol. The van der Waals surface area contributed by atoms with Gasteiger partial charge in [-0.3, -0.25) is 20.1 Å². The first-order chi connectivity index (χ1) is 12.4. The summed E-state index contributed by atoms with van der Waals surface area (Å²) in [6.45, 7) is -0.501. The molecule has 2 aromatic rings. The van der Waals surface area contributed by atoms with E-state index in [4.69, 9.17) is 5.21 Å². The highest BCUT2D eigenvalue weighted by molar-refractivity contribution is 5.92. The molecule has 9 nitrogen and oxygen atoms in total. The van der Waals surface area contributed by atoms with E-state index in [1.165, 1.54) is 41.9 Å². The van der Waals surface area contributed by atoms with Crippen LogP contribution >= 0.6 is 0 Å². The quantitative estimate of drug-likeness (QED) is 0.413. The maximum atomic E-state index is 12.9. The lowest BCUT2D eigenvalue weighted by atomic mass is 10.2. The van der Waals surface area contributed by atoms with Gasteiger partial charge in [0.15, 0.2) is 0 Å². The van der Waals surface area contributed by atoms with Gasteiger partial charge in [0.25, 0.3) is 11.6 Å². The minimum atomic E-state index is -0.818. The Balaban J connectivity index is 2.13. The molecule has 26 heavy (non-hydrogen) atoms. The summed E-state index contributed by atoms with van der Waals surface area (Å²) in [5, 5.41) is 21.9. The Kier molecular flexibility index (Phi) is 6.17. The van der Waals surface area contributed by atoms with Crippen LogP contribution in [0, 0.1) is 15.9 Å². The van der Waals surface area contributed by atoms with Crippen molar-refractivity contribution in [2.45, 2.75) is 6.54 Å². The number of hydrogen-bond donors (Lipinski definition) is 3. The van der Waals surface area contributed by atoms with E-state index in [0.29, 0.717) is 11.3 Å². The van der Waals surface area contributed by atoms with Crippen LogP contribution in [0.4, 0.5) is 20.6 Å². The van der Waals surface area contributed by atoms with Crippen molar-refractivity contribution >= 4 is 23.3 Å². The largest absolute Gasteiger partial charge is 0.322 e. The number of carbonyl (C=O) groups excluding carboxylic acids is 2. The van der Waals surface area contributed by atoms with Gasteiger partial charge in [-0.25, -0.2) is 14.7 Å². The van der Waals surface area contributed by atoms with Crippen LogP contribution in [-0.4, -0.2) is 33.5 Å². The van der Waals surface area contributed by atoms with Crippen LogP contribution in [-0.2, 0) is 11.3 Å². The van der Waals surface area contributed by atoms with E-state index in [1.807, 2.05) is 0 Å². The minimum absolute atomic E-state index is 0.0432. The summed E-state index contributed by atoms with van der Waals surface area (Å²) in [7, 11) is 0. The third-order valence-corrected chi connectivity index (χ3v) is 3.36. The molecule has 0 bridgehead atoms. The van der Waals surface area contributed by atoms with Crippen molar-refractivity contribution in [3.8, 4) is 0 Å². The van der Waals surface area contributed by atoms with Gasteiger partial charge in [-0.1, -0.05) is 12.1 Å². The predicted molar refractivity (Wildman–Crippen MR) is 88.9 cm³/mol. The van der Waals surface area contributed by atoms with Gasteiger partial charge in [0.05, 0.1) is 4.92 Å². The summed E-state index contributed by atoms with van der Waals surface area (Å²) in [5.74, 6) is -1.29. The molecular formula is C16H15FN4O5. The van der Waals surface area contributed by atoms with Gasteiger partial charge in [0.1, 0.15) is 12.4 Å². The van der Waals surface area contributed by atoms with Crippen LogP contribution in [0.15, 0.2) is 48.5 Å². The first kappa shape index (κ1) is 18.8. The van der Waals surface area contributed by atoms with Gasteiger partial charge in [-0.15, -0.1) is 0 Å². The van der Waals surface area contributed by atoms with Gasteiger partial charge in [-0.2, -0.15) is 0 Å². The number of carbonyl (C=O) groups is 2. The van der Waals surface area contributed by atoms with Crippen molar-refractivity contribution < 1.29 is 24.1 Å². The van der Waals surface area contributed by atoms with Crippen molar-refractivity contribution in [1.82, 2.24) is 10.4 Å². The van der Waals surface area contributed by atoms with Crippen LogP contribution in [0.2, 0.25) is 0 Å². The van der Waals surface area contributed by atoms with Crippen molar-refractivity contribution in [3.05, 3.63) is 70.0 Å². The van der Waals surface area contributed by atoms with Crippen molar-refractivity contribution in [1.29, 1.82) is 0 Å². The first-order valence-electron chi connectivity index (χ1n) is 7.37. The van der Waals surface area contributed by atoms with E-state index in [1.54, 1.807) is 0 Å². The summed E-state index contributed by atoms with van der Waals surface area (Å²) in [5.41, 5.74) is 2.18. The minimum Gasteiger partial charge on any atom is -0.311 e. The number of hydrogen-bond acceptors (Lipinski definition) is 5. The molecule has 0 aliphatic heterocycles. The van der Waals surface area contributed by atoms with Gasteiger partial charge in [0, 0.05) is 24.4 Å². The molecule has 0 spiro atoms. The number of benzene rings is 2. The fraction of sp³-hybridized carbons (Fsp3) is 0.125. The number of non-ortho nitro benzene ring substituents is 1. The lowest BCUT2D eigenvalue weighted by Crippen LogP contribution is -2.41. The Morgan fingerprint density at radius 3 is 2.27 bits per heavy atom. The number of urea groups is 1. The second-order valence-corrected chi connectivity index (χ2v) is 5.25. The number of halogens is 1. The zero-order chi connectivity index (χ0) is 19.1. The number of hydroxylamine groups is 1. The predicted octanol–water partition coefficient (Wildman–Crippen LogP) is 2.27. The fourth-order valence-electron chi connectivity index (χ4n) is 2.09. The van der Waals surface area contributed by atoms with Gasteiger partial charge >= 0.3 is 6.03 Å². The first-order valence-corrected chi connectivity index (χ1v) is 7.37. The number of nitrogens with zero attached hydrogens (tertiary/aromatic N) is 2. The molecule has 2 aromatic carbocycles. The maximum Gasteiger partial charge on any atom is 0.322 e. The number of rotatable bonds is 6. The molecule has 0 aromatic heterocycles. The Morgan fingerprint density at radius 1 is 1.12 bits per heavy atom. The van der Waals surface area contributed by atoms with E-state index >= 15 is 0 Å². The van der Waals surface area contributed by atoms with E-state index in [9.17, 15) is 24.1 Å². The molecule has 0 unspecified atom stereocenters. The SMILES string of the molecule is O=C(CN(Cc1ccc([N+](=O)[O-])cc1)C(=O)Nc1ccc(F)cc1)NO. The third-order valence-electron chi connectivity index (χ3n) is 3.36. The van der Waals surface area contributed by atoms with Crippen LogP contribution in [0.3, 0.4) is 0 Å². The molecule has 2 rings (SSSR count). The van der Waals surface area contributed by atoms with Gasteiger partial charge < -0.3 is 10.2 Å². The zero-order valence-corrected chi connectivity index (χ0v) is 13.4. The molecule has 0 saturated heterocycles. The topological polar surface area (TPSA) is 125 Å². The van der Waals surface area contributed by atoms with E-state index in [2.05, 4.69) is 5.32 Å². The van der Waals surface area contributed by atoms with E-state index < -0.39 is 29.2 Å². The summed E-state index contributed by atoms with van der Waals surface area (Å²) in [6.07, 6.45) is 0. The van der Waals surface area contributed by atoms with Crippen molar-refractivity contribution in [2.75, 3.05) is 11.9 Å².